The highest BCUT2D eigenvalue weighted by atomic mass is 16.6. The first-order chi connectivity index (χ1) is 18.8. The van der Waals surface area contributed by atoms with Crippen molar-refractivity contribution in [2.24, 2.45) is 17.6 Å². The highest BCUT2D eigenvalue weighted by molar-refractivity contribution is 6.23. The largest absolute Gasteiger partial charge is 0.492 e. The Hall–Kier alpha value is -3.54. The number of aliphatic hydroxyl groups excluding tert-OH is 1. The molecular formula is C29H40N2O9. The van der Waals surface area contributed by atoms with Crippen molar-refractivity contribution in [2.45, 2.75) is 65.0 Å². The number of fused-ring (bicyclic) bond motifs is 2. The van der Waals surface area contributed by atoms with Gasteiger partial charge in [0.2, 0.25) is 11.6 Å². The molecule has 0 spiro atoms. The second-order valence-corrected chi connectivity index (χ2v) is 10.1. The van der Waals surface area contributed by atoms with Crippen LogP contribution in [0.4, 0.5) is 4.79 Å². The number of allylic oxidation sites excluding steroid dienone is 4. The minimum Gasteiger partial charge on any atom is -0.492 e. The molecule has 6 atom stereocenters. The van der Waals surface area contributed by atoms with Crippen LogP contribution in [-0.4, -0.2) is 74.4 Å². The highest BCUT2D eigenvalue weighted by Gasteiger charge is 2.34. The standard InChI is InChI=1S/C29H40N2O9/c1-15-11-19-25(34)20(14-21(32)27(19)39-7)31-28(35)16(2)9-8-10-22(37-5)26(40-29(30)36)18(4)13-17(3)24(33)23(12-15)38-6/h8-10,13-15,17,22-24,26,33H,11-12H2,1-7H3,(H2,30,36)(H,31,35)/b10-8-,16-9+,18-13+/t15-,17+,22-,23+,24-,26+/m1/s1. The molecule has 11 nitrogen and oxygen atoms in total. The smallest absolute Gasteiger partial charge is 0.405 e. The number of methoxy groups -OCH3 is 3. The molecule has 0 saturated heterocycles. The summed E-state index contributed by atoms with van der Waals surface area (Å²) in [6.07, 6.45) is 3.61. The van der Waals surface area contributed by atoms with Gasteiger partial charge in [-0.2, -0.15) is 0 Å². The average Bonchev–Trinajstić information content (AvgIpc) is 2.90. The molecule has 0 aromatic carbocycles. The number of hydrogen-bond donors (Lipinski definition) is 3. The molecule has 1 heterocycles. The number of rotatable bonds is 4. The number of primary amides is 1. The van der Waals surface area contributed by atoms with Gasteiger partial charge >= 0.3 is 6.09 Å². The Kier molecular flexibility index (Phi) is 12.0. The van der Waals surface area contributed by atoms with Crippen LogP contribution in [0, 0.1) is 11.8 Å². The van der Waals surface area contributed by atoms with Crippen LogP contribution in [0.1, 0.15) is 40.5 Å². The van der Waals surface area contributed by atoms with E-state index in [0.717, 1.165) is 6.08 Å². The first-order valence-electron chi connectivity index (χ1n) is 13.0. The van der Waals surface area contributed by atoms with Gasteiger partial charge in [-0.05, 0) is 38.2 Å². The molecule has 11 heteroatoms. The molecule has 4 N–H and O–H groups in total. The molecule has 2 rings (SSSR count). The molecule has 1 aliphatic carbocycles. The summed E-state index contributed by atoms with van der Waals surface area (Å²) >= 11 is 0. The molecule has 0 fully saturated rings. The van der Waals surface area contributed by atoms with Gasteiger partial charge in [-0.25, -0.2) is 4.79 Å². The molecule has 2 aliphatic rings. The van der Waals surface area contributed by atoms with E-state index in [1.54, 1.807) is 32.1 Å². The second kappa shape index (κ2) is 14.7. The molecule has 2 bridgehead atoms. The van der Waals surface area contributed by atoms with Crippen molar-refractivity contribution in [2.75, 3.05) is 21.3 Å². The van der Waals surface area contributed by atoms with Crippen LogP contribution in [0.3, 0.4) is 0 Å². The van der Waals surface area contributed by atoms with Crippen LogP contribution in [0.5, 0.6) is 0 Å². The Balaban J connectivity index is 2.60. The van der Waals surface area contributed by atoms with E-state index in [-0.39, 0.29) is 34.9 Å². The summed E-state index contributed by atoms with van der Waals surface area (Å²) in [4.78, 5) is 50.6. The van der Waals surface area contributed by atoms with E-state index >= 15 is 0 Å². The Morgan fingerprint density at radius 3 is 2.35 bits per heavy atom. The third-order valence-electron chi connectivity index (χ3n) is 6.95. The molecule has 0 saturated carbocycles. The van der Waals surface area contributed by atoms with E-state index in [9.17, 15) is 24.3 Å². The van der Waals surface area contributed by atoms with Crippen LogP contribution < -0.4 is 11.1 Å². The van der Waals surface area contributed by atoms with Crippen molar-refractivity contribution < 1.29 is 43.2 Å². The third kappa shape index (κ3) is 8.23. The van der Waals surface area contributed by atoms with Crippen molar-refractivity contribution in [1.82, 2.24) is 5.32 Å². The number of amides is 2. The van der Waals surface area contributed by atoms with Crippen LogP contribution in [-0.2, 0) is 33.3 Å². The van der Waals surface area contributed by atoms with Gasteiger partial charge in [-0.15, -0.1) is 0 Å². The fourth-order valence-corrected chi connectivity index (χ4v) is 4.78. The highest BCUT2D eigenvalue weighted by Crippen LogP contribution is 2.29. The van der Waals surface area contributed by atoms with E-state index in [1.165, 1.54) is 34.3 Å². The molecular weight excluding hydrogens is 520 g/mol. The molecule has 1 aliphatic heterocycles. The zero-order valence-corrected chi connectivity index (χ0v) is 24.1. The topological polar surface area (TPSA) is 163 Å². The van der Waals surface area contributed by atoms with Crippen molar-refractivity contribution in [3.05, 3.63) is 58.6 Å². The van der Waals surface area contributed by atoms with Crippen LogP contribution in [0.25, 0.3) is 0 Å². The van der Waals surface area contributed by atoms with Gasteiger partial charge in [-0.1, -0.05) is 38.2 Å². The van der Waals surface area contributed by atoms with Gasteiger partial charge < -0.3 is 35.1 Å². The quantitative estimate of drug-likeness (QED) is 0.346. The molecule has 0 unspecified atom stereocenters. The number of ketones is 2. The number of ether oxygens (including phenoxy) is 4. The molecule has 2 amide bonds. The Labute approximate surface area is 234 Å². The third-order valence-corrected chi connectivity index (χ3v) is 6.95. The fraction of sp³-hybridized carbons (Fsp3) is 0.517. The van der Waals surface area contributed by atoms with E-state index in [1.807, 2.05) is 6.92 Å². The van der Waals surface area contributed by atoms with Gasteiger partial charge in [0.1, 0.15) is 6.10 Å². The summed E-state index contributed by atoms with van der Waals surface area (Å²) in [6.45, 7) is 6.92. The predicted molar refractivity (Wildman–Crippen MR) is 147 cm³/mol. The normalized spacial score (nSPS) is 32.7. The van der Waals surface area contributed by atoms with Crippen LogP contribution in [0.15, 0.2) is 58.6 Å². The minimum atomic E-state index is -1.00. The fourth-order valence-electron chi connectivity index (χ4n) is 4.78. The number of Topliss-reactive ketones (excluding diaryl/α,β-unsaturated/α-hetero) is 1. The van der Waals surface area contributed by atoms with E-state index in [4.69, 9.17) is 24.7 Å². The lowest BCUT2D eigenvalue weighted by Gasteiger charge is -2.29. The van der Waals surface area contributed by atoms with Gasteiger partial charge in [0.25, 0.3) is 5.91 Å². The predicted octanol–water partition coefficient (Wildman–Crippen LogP) is 2.41. The zero-order valence-electron chi connectivity index (χ0n) is 24.1. The number of carbonyl (C=O) groups excluding carboxylic acids is 4. The Bertz CT molecular complexity index is 1150. The number of aliphatic hydroxyl groups is 1. The molecule has 0 radical (unpaired) electrons. The summed E-state index contributed by atoms with van der Waals surface area (Å²) in [6, 6.07) is 0. The van der Waals surface area contributed by atoms with Gasteiger partial charge in [0.15, 0.2) is 11.9 Å². The lowest BCUT2D eigenvalue weighted by atomic mass is 9.85. The maximum Gasteiger partial charge on any atom is 0.405 e. The van der Waals surface area contributed by atoms with Gasteiger partial charge in [0, 0.05) is 37.4 Å². The number of hydrogen-bond acceptors (Lipinski definition) is 9. The summed E-state index contributed by atoms with van der Waals surface area (Å²) in [5.74, 6) is -2.39. The molecule has 220 valence electrons. The van der Waals surface area contributed by atoms with Crippen molar-refractivity contribution >= 4 is 23.6 Å². The van der Waals surface area contributed by atoms with Crippen molar-refractivity contribution in [1.29, 1.82) is 0 Å². The summed E-state index contributed by atoms with van der Waals surface area (Å²) in [7, 11) is 4.21. The monoisotopic (exact) mass is 560 g/mol. The van der Waals surface area contributed by atoms with Crippen LogP contribution >= 0.6 is 0 Å². The van der Waals surface area contributed by atoms with E-state index in [0.29, 0.717) is 12.0 Å². The Morgan fingerprint density at radius 2 is 1.77 bits per heavy atom. The van der Waals surface area contributed by atoms with Crippen molar-refractivity contribution in [3.8, 4) is 0 Å². The SMILES string of the molecule is COC1=C2C[C@@H](C)C[C@H](OC)[C@H](O)[C@@H](C)/C=C(\C)[C@H](OC(N)=O)[C@H](OC)/C=C\C=C(/C)C(=O)NC(=CC1=O)C2=O. The first-order valence-corrected chi connectivity index (χ1v) is 13.0. The molecule has 0 aromatic rings. The minimum absolute atomic E-state index is 0.0801. The molecule has 40 heavy (non-hydrogen) atoms. The first kappa shape index (κ1) is 32.7. The van der Waals surface area contributed by atoms with Crippen LogP contribution in [0.2, 0.25) is 0 Å². The Morgan fingerprint density at radius 1 is 1.10 bits per heavy atom. The van der Waals surface area contributed by atoms with E-state index in [2.05, 4.69) is 5.32 Å². The number of carbonyl (C=O) groups is 4. The summed E-state index contributed by atoms with van der Waals surface area (Å²) in [5, 5.41) is 13.7. The van der Waals surface area contributed by atoms with Gasteiger partial charge in [0.05, 0.1) is 25.0 Å². The van der Waals surface area contributed by atoms with E-state index < -0.39 is 53.9 Å². The van der Waals surface area contributed by atoms with Crippen molar-refractivity contribution in [3.63, 3.8) is 0 Å². The average molecular weight is 561 g/mol. The lowest BCUT2D eigenvalue weighted by molar-refractivity contribution is -0.120. The number of nitrogens with one attached hydrogen (secondary N) is 1. The maximum absolute atomic E-state index is 13.3. The lowest BCUT2D eigenvalue weighted by Crippen LogP contribution is -2.37. The number of nitrogens with two attached hydrogens (primary N) is 1. The van der Waals surface area contributed by atoms with Gasteiger partial charge in [-0.3, -0.25) is 14.4 Å². The second-order valence-electron chi connectivity index (χ2n) is 10.1. The maximum atomic E-state index is 13.3. The summed E-state index contributed by atoms with van der Waals surface area (Å²) in [5.41, 5.74) is 6.12. The molecule has 0 aromatic heterocycles. The summed E-state index contributed by atoms with van der Waals surface area (Å²) < 4.78 is 21.7. The zero-order chi connectivity index (χ0) is 30.1.